The van der Waals surface area contributed by atoms with Gasteiger partial charge in [0.15, 0.2) is 6.61 Å². The van der Waals surface area contributed by atoms with Gasteiger partial charge in [0.05, 0.1) is 20.6 Å². The highest BCUT2D eigenvalue weighted by atomic mass is 35.5. The number of hydrogen-bond acceptors (Lipinski definition) is 3. The second-order valence-electron chi connectivity index (χ2n) is 4.42. The van der Waals surface area contributed by atoms with Crippen molar-refractivity contribution in [3.63, 3.8) is 0 Å². The molecule has 0 saturated heterocycles. The molecule has 2 aromatic rings. The van der Waals surface area contributed by atoms with Gasteiger partial charge < -0.3 is 15.2 Å². The molecule has 0 aliphatic rings. The van der Waals surface area contributed by atoms with Crippen LogP contribution in [0.25, 0.3) is 0 Å². The van der Waals surface area contributed by atoms with Gasteiger partial charge in [-0.25, -0.2) is 4.79 Å². The topological polar surface area (TPSA) is 75.6 Å². The van der Waals surface area contributed by atoms with Gasteiger partial charge in [-0.3, -0.25) is 4.79 Å². The number of carboxylic acid groups (broad SMARTS) is 1. The fourth-order valence-corrected chi connectivity index (χ4v) is 2.28. The Balaban J connectivity index is 1.99. The van der Waals surface area contributed by atoms with Crippen LogP contribution in [0, 0.1) is 0 Å². The van der Waals surface area contributed by atoms with Gasteiger partial charge in [-0.1, -0.05) is 40.9 Å². The van der Waals surface area contributed by atoms with E-state index in [1.807, 2.05) is 0 Å². The minimum atomic E-state index is -1.08. The fraction of sp³-hybridized carbons (Fsp3) is 0.0667. The van der Waals surface area contributed by atoms with Crippen molar-refractivity contribution < 1.29 is 19.4 Å². The van der Waals surface area contributed by atoms with Gasteiger partial charge in [-0.2, -0.15) is 0 Å². The molecule has 0 fully saturated rings. The number of nitrogens with one attached hydrogen (secondary N) is 1. The van der Waals surface area contributed by atoms with Gasteiger partial charge in [0, 0.05) is 11.8 Å². The van der Waals surface area contributed by atoms with Crippen molar-refractivity contribution in [1.82, 2.24) is 0 Å². The maximum absolute atomic E-state index is 11.8. The second kappa shape index (κ2) is 7.55. The normalized spacial score (nSPS) is 10.2. The number of rotatable bonds is 5. The number of ether oxygens (including phenoxy) is 1. The Labute approximate surface area is 146 Å². The third-order valence-electron chi connectivity index (χ3n) is 2.73. The first kappa shape index (κ1) is 17.4. The summed E-state index contributed by atoms with van der Waals surface area (Å²) in [5.74, 6) is -1.34. The molecule has 0 atom stereocenters. The van der Waals surface area contributed by atoms with Crippen molar-refractivity contribution in [2.45, 2.75) is 0 Å². The molecule has 23 heavy (non-hydrogen) atoms. The van der Waals surface area contributed by atoms with E-state index in [-0.39, 0.29) is 33.0 Å². The molecule has 0 unspecified atom stereocenters. The fourth-order valence-electron chi connectivity index (χ4n) is 1.69. The van der Waals surface area contributed by atoms with Gasteiger partial charge in [-0.15, -0.1) is 0 Å². The summed E-state index contributed by atoms with van der Waals surface area (Å²) < 4.78 is 5.28. The van der Waals surface area contributed by atoms with Crippen LogP contribution in [0.4, 0.5) is 5.69 Å². The van der Waals surface area contributed by atoms with Crippen molar-refractivity contribution in [2.24, 2.45) is 0 Å². The summed E-state index contributed by atoms with van der Waals surface area (Å²) in [4.78, 5) is 22.7. The second-order valence-corrected chi connectivity index (χ2v) is 5.64. The van der Waals surface area contributed by atoms with Gasteiger partial charge in [0.25, 0.3) is 5.91 Å². The minimum absolute atomic E-state index is 0.0660. The van der Waals surface area contributed by atoms with Gasteiger partial charge >= 0.3 is 5.97 Å². The molecule has 0 aliphatic carbocycles. The van der Waals surface area contributed by atoms with E-state index >= 15 is 0 Å². The predicted octanol–water partition coefficient (Wildman–Crippen LogP) is 4.36. The summed E-state index contributed by atoms with van der Waals surface area (Å²) in [7, 11) is 0. The number of halogens is 3. The molecule has 2 rings (SSSR count). The summed E-state index contributed by atoms with van der Waals surface area (Å²) in [5.41, 5.74) is 0.412. The number of carbonyl (C=O) groups is 2. The van der Waals surface area contributed by atoms with E-state index < -0.39 is 11.9 Å². The number of benzene rings is 2. The van der Waals surface area contributed by atoms with Crippen LogP contribution in [0.3, 0.4) is 0 Å². The molecule has 0 bridgehead atoms. The summed E-state index contributed by atoms with van der Waals surface area (Å²) in [5, 5.41) is 12.2. The largest absolute Gasteiger partial charge is 0.482 e. The molecule has 5 nitrogen and oxygen atoms in total. The van der Waals surface area contributed by atoms with Crippen molar-refractivity contribution in [3.05, 3.63) is 57.0 Å². The maximum Gasteiger partial charge on any atom is 0.335 e. The summed E-state index contributed by atoms with van der Waals surface area (Å²) in [6.07, 6.45) is 0. The number of amides is 1. The molecule has 0 aliphatic heterocycles. The first-order valence-electron chi connectivity index (χ1n) is 6.27. The lowest BCUT2D eigenvalue weighted by molar-refractivity contribution is -0.118. The predicted molar refractivity (Wildman–Crippen MR) is 89.0 cm³/mol. The van der Waals surface area contributed by atoms with Crippen molar-refractivity contribution in [1.29, 1.82) is 0 Å². The molecular weight excluding hydrogens is 365 g/mol. The molecule has 0 aromatic heterocycles. The van der Waals surface area contributed by atoms with E-state index in [4.69, 9.17) is 44.6 Å². The standard InChI is InChI=1S/C15H10Cl3NO4/c16-10-5-12(18)13(6-11(10)17)23-7-14(20)19-9-3-1-2-8(4-9)15(21)22/h1-6H,7H2,(H,19,20)(H,21,22). The van der Waals surface area contributed by atoms with Crippen molar-refractivity contribution >= 4 is 52.4 Å². The average molecular weight is 375 g/mol. The molecule has 0 spiro atoms. The van der Waals surface area contributed by atoms with Crippen LogP contribution < -0.4 is 10.1 Å². The van der Waals surface area contributed by atoms with Crippen LogP contribution in [0.1, 0.15) is 10.4 Å². The molecule has 0 heterocycles. The number of carbonyl (C=O) groups excluding carboxylic acids is 1. The van der Waals surface area contributed by atoms with E-state index in [0.29, 0.717) is 5.69 Å². The Morgan fingerprint density at radius 1 is 1.04 bits per heavy atom. The van der Waals surface area contributed by atoms with Crippen LogP contribution in [0.15, 0.2) is 36.4 Å². The smallest absolute Gasteiger partial charge is 0.335 e. The third-order valence-corrected chi connectivity index (χ3v) is 3.74. The number of carboxylic acids is 1. The van der Waals surface area contributed by atoms with Crippen LogP contribution in [0.2, 0.25) is 15.1 Å². The Morgan fingerprint density at radius 2 is 1.74 bits per heavy atom. The SMILES string of the molecule is O=C(COc1cc(Cl)c(Cl)cc1Cl)Nc1cccc(C(=O)O)c1. The first-order chi connectivity index (χ1) is 10.9. The van der Waals surface area contributed by atoms with Gasteiger partial charge in [0.2, 0.25) is 0 Å². The number of aromatic carboxylic acids is 1. The van der Waals surface area contributed by atoms with E-state index in [1.165, 1.54) is 30.3 Å². The molecule has 2 N–H and O–H groups in total. The van der Waals surface area contributed by atoms with Crippen LogP contribution >= 0.6 is 34.8 Å². The molecule has 1 amide bonds. The highest BCUT2D eigenvalue weighted by molar-refractivity contribution is 6.43. The van der Waals surface area contributed by atoms with Crippen LogP contribution in [-0.4, -0.2) is 23.6 Å². The lowest BCUT2D eigenvalue weighted by Crippen LogP contribution is -2.20. The Hall–Kier alpha value is -1.95. The lowest BCUT2D eigenvalue weighted by Gasteiger charge is -2.10. The van der Waals surface area contributed by atoms with Gasteiger partial charge in [-0.05, 0) is 24.3 Å². The molecule has 0 saturated carbocycles. The lowest BCUT2D eigenvalue weighted by atomic mass is 10.2. The monoisotopic (exact) mass is 373 g/mol. The van der Waals surface area contributed by atoms with Crippen LogP contribution in [0.5, 0.6) is 5.75 Å². The zero-order chi connectivity index (χ0) is 17.0. The van der Waals surface area contributed by atoms with Crippen molar-refractivity contribution in [3.8, 4) is 5.75 Å². The summed E-state index contributed by atoms with van der Waals surface area (Å²) in [6, 6.07) is 8.67. The number of hydrogen-bond donors (Lipinski definition) is 2. The summed E-state index contributed by atoms with van der Waals surface area (Å²) >= 11 is 17.6. The summed E-state index contributed by atoms with van der Waals surface area (Å²) in [6.45, 7) is -0.324. The zero-order valence-electron chi connectivity index (χ0n) is 11.5. The highest BCUT2D eigenvalue weighted by Gasteiger charge is 2.10. The zero-order valence-corrected chi connectivity index (χ0v) is 13.7. The molecule has 8 heteroatoms. The van der Waals surface area contributed by atoms with Crippen molar-refractivity contribution in [2.75, 3.05) is 11.9 Å². The van der Waals surface area contributed by atoms with E-state index in [2.05, 4.69) is 5.32 Å². The Morgan fingerprint density at radius 3 is 2.43 bits per heavy atom. The van der Waals surface area contributed by atoms with E-state index in [9.17, 15) is 9.59 Å². The van der Waals surface area contributed by atoms with E-state index in [1.54, 1.807) is 6.07 Å². The quantitative estimate of drug-likeness (QED) is 0.762. The van der Waals surface area contributed by atoms with Crippen LogP contribution in [-0.2, 0) is 4.79 Å². The Bertz CT molecular complexity index is 764. The Kier molecular flexibility index (Phi) is 5.71. The molecule has 2 aromatic carbocycles. The maximum atomic E-state index is 11.8. The third kappa shape index (κ3) is 4.76. The minimum Gasteiger partial charge on any atom is -0.482 e. The first-order valence-corrected chi connectivity index (χ1v) is 7.41. The molecule has 0 radical (unpaired) electrons. The highest BCUT2D eigenvalue weighted by Crippen LogP contribution is 2.33. The van der Waals surface area contributed by atoms with E-state index in [0.717, 1.165) is 0 Å². The number of anilines is 1. The molecule has 120 valence electrons. The molecular formula is C15H10Cl3NO4. The average Bonchev–Trinajstić information content (AvgIpc) is 2.50. The van der Waals surface area contributed by atoms with Gasteiger partial charge in [0.1, 0.15) is 5.75 Å².